The molecule has 0 spiro atoms. The maximum atomic E-state index is 12.9. The van der Waals surface area contributed by atoms with Crippen molar-refractivity contribution in [1.82, 2.24) is 15.2 Å². The first kappa shape index (κ1) is 17.8. The Kier molecular flexibility index (Phi) is 5.10. The number of pyridine rings is 1. The minimum Gasteiger partial charge on any atom is -0.357 e. The van der Waals surface area contributed by atoms with Gasteiger partial charge in [0.25, 0.3) is 5.91 Å². The average Bonchev–Trinajstić information content (AvgIpc) is 2.92. The largest absolute Gasteiger partial charge is 0.435 e. The van der Waals surface area contributed by atoms with Crippen LogP contribution >= 0.6 is 0 Å². The molecule has 2 rings (SSSR count). The van der Waals surface area contributed by atoms with Gasteiger partial charge >= 0.3 is 6.18 Å². The number of nitrogens with one attached hydrogen (secondary N) is 2. The number of hydrogen-bond acceptors (Lipinski definition) is 4. The summed E-state index contributed by atoms with van der Waals surface area (Å²) < 4.78 is 38.7. The molecule has 0 radical (unpaired) electrons. The van der Waals surface area contributed by atoms with Gasteiger partial charge in [0.2, 0.25) is 0 Å². The van der Waals surface area contributed by atoms with Crippen LogP contribution < -0.4 is 10.2 Å². The van der Waals surface area contributed by atoms with Gasteiger partial charge in [0.05, 0.1) is 17.4 Å². The highest BCUT2D eigenvalue weighted by atomic mass is 19.4. The van der Waals surface area contributed by atoms with Gasteiger partial charge in [0, 0.05) is 18.8 Å². The van der Waals surface area contributed by atoms with Gasteiger partial charge in [-0.05, 0) is 32.9 Å². The fourth-order valence-electron chi connectivity index (χ4n) is 2.30. The lowest BCUT2D eigenvalue weighted by Crippen LogP contribution is -2.23. The highest BCUT2D eigenvalue weighted by molar-refractivity contribution is 6.05. The van der Waals surface area contributed by atoms with Crippen molar-refractivity contribution < 1.29 is 18.0 Å². The first-order valence-electron chi connectivity index (χ1n) is 7.42. The number of alkyl halides is 3. The first-order valence-corrected chi connectivity index (χ1v) is 7.42. The van der Waals surface area contributed by atoms with Gasteiger partial charge < -0.3 is 10.2 Å². The number of hydrogen-bond donors (Lipinski definition) is 2. The summed E-state index contributed by atoms with van der Waals surface area (Å²) in [5.41, 5.74) is -1.39. The van der Waals surface area contributed by atoms with Crippen molar-refractivity contribution >= 4 is 17.4 Å². The van der Waals surface area contributed by atoms with E-state index in [-0.39, 0.29) is 5.69 Å². The van der Waals surface area contributed by atoms with Gasteiger partial charge in [-0.2, -0.15) is 18.3 Å². The highest BCUT2D eigenvalue weighted by Crippen LogP contribution is 2.31. The number of carbonyl (C=O) groups is 1. The van der Waals surface area contributed by atoms with Gasteiger partial charge in [-0.25, -0.2) is 4.98 Å². The zero-order chi connectivity index (χ0) is 17.9. The maximum absolute atomic E-state index is 12.9. The van der Waals surface area contributed by atoms with Crippen LogP contribution in [-0.4, -0.2) is 34.2 Å². The Bertz CT molecular complexity index is 705. The van der Waals surface area contributed by atoms with E-state index in [0.717, 1.165) is 18.9 Å². The molecule has 1 amide bonds. The van der Waals surface area contributed by atoms with Crippen LogP contribution in [0.5, 0.6) is 0 Å². The number of aryl methyl sites for hydroxylation is 1. The van der Waals surface area contributed by atoms with E-state index in [1.54, 1.807) is 12.1 Å². The molecular formula is C15H18F3N5O. The number of amides is 1. The number of aromatic amines is 1. The number of H-pyrrole nitrogens is 1. The Morgan fingerprint density at radius 3 is 2.46 bits per heavy atom. The third kappa shape index (κ3) is 3.66. The van der Waals surface area contributed by atoms with Crippen LogP contribution in [0.25, 0.3) is 0 Å². The van der Waals surface area contributed by atoms with Gasteiger partial charge in [-0.1, -0.05) is 0 Å². The van der Waals surface area contributed by atoms with Crippen molar-refractivity contribution in [3.63, 3.8) is 0 Å². The van der Waals surface area contributed by atoms with Gasteiger partial charge in [-0.3, -0.25) is 9.89 Å². The number of halogens is 3. The SMILES string of the molecule is CCN(CC)c1ccc(NC(=O)c2c(C(F)(F)F)n[nH]c2C)cn1. The molecular weight excluding hydrogens is 323 g/mol. The lowest BCUT2D eigenvalue weighted by molar-refractivity contribution is -0.141. The second-order valence-electron chi connectivity index (χ2n) is 5.10. The summed E-state index contributed by atoms with van der Waals surface area (Å²) in [4.78, 5) is 18.4. The third-order valence-corrected chi connectivity index (χ3v) is 3.54. The van der Waals surface area contributed by atoms with Crippen molar-refractivity contribution in [3.05, 3.63) is 35.3 Å². The molecule has 2 N–H and O–H groups in total. The van der Waals surface area contributed by atoms with Crippen LogP contribution in [0.3, 0.4) is 0 Å². The number of rotatable bonds is 5. The summed E-state index contributed by atoms with van der Waals surface area (Å²) in [7, 11) is 0. The van der Waals surface area contributed by atoms with Gasteiger partial charge in [0.1, 0.15) is 5.82 Å². The summed E-state index contributed by atoms with van der Waals surface area (Å²) in [6.45, 7) is 6.89. The predicted molar refractivity (Wildman–Crippen MR) is 84.1 cm³/mol. The van der Waals surface area contributed by atoms with Gasteiger partial charge in [-0.15, -0.1) is 0 Å². The van der Waals surface area contributed by atoms with Crippen LogP contribution in [0.2, 0.25) is 0 Å². The van der Waals surface area contributed by atoms with Crippen LogP contribution in [0.15, 0.2) is 18.3 Å². The molecule has 0 aliphatic rings. The van der Waals surface area contributed by atoms with Crippen molar-refractivity contribution in [3.8, 4) is 0 Å². The van der Waals surface area contributed by atoms with Gasteiger partial charge in [0.15, 0.2) is 5.69 Å². The summed E-state index contributed by atoms with van der Waals surface area (Å²) in [5, 5.41) is 7.79. The topological polar surface area (TPSA) is 73.9 Å². The molecule has 2 heterocycles. The van der Waals surface area contributed by atoms with Crippen LogP contribution in [0.4, 0.5) is 24.7 Å². The lowest BCUT2D eigenvalue weighted by Gasteiger charge is -2.19. The van der Waals surface area contributed by atoms with Crippen LogP contribution in [0, 0.1) is 6.92 Å². The average molecular weight is 341 g/mol. The molecule has 0 unspecified atom stereocenters. The fourth-order valence-corrected chi connectivity index (χ4v) is 2.30. The Morgan fingerprint density at radius 1 is 1.29 bits per heavy atom. The minimum absolute atomic E-state index is 0.0487. The normalized spacial score (nSPS) is 11.4. The molecule has 0 fully saturated rings. The molecule has 2 aromatic rings. The molecule has 0 aromatic carbocycles. The molecule has 0 aliphatic carbocycles. The summed E-state index contributed by atoms with van der Waals surface area (Å²) in [5.74, 6) is -0.153. The van der Waals surface area contributed by atoms with E-state index in [2.05, 4.69) is 20.5 Å². The maximum Gasteiger partial charge on any atom is 0.435 e. The van der Waals surface area contributed by atoms with Crippen molar-refractivity contribution in [2.75, 3.05) is 23.3 Å². The molecule has 9 heteroatoms. The second kappa shape index (κ2) is 6.90. The molecule has 0 atom stereocenters. The van der Waals surface area contributed by atoms with Crippen molar-refractivity contribution in [2.24, 2.45) is 0 Å². The molecule has 6 nitrogen and oxygen atoms in total. The zero-order valence-electron chi connectivity index (χ0n) is 13.5. The van der Waals surface area contributed by atoms with Crippen molar-refractivity contribution in [1.29, 1.82) is 0 Å². The standard InChI is InChI=1S/C15H18F3N5O/c1-4-23(5-2)11-7-6-10(8-19-11)20-14(24)12-9(3)21-22-13(12)15(16,17)18/h6-8H,4-5H2,1-3H3,(H,20,24)(H,21,22). The fraction of sp³-hybridized carbons (Fsp3) is 0.400. The Balaban J connectivity index is 2.20. The number of aromatic nitrogens is 3. The Hall–Kier alpha value is -2.58. The third-order valence-electron chi connectivity index (χ3n) is 3.54. The van der Waals surface area contributed by atoms with E-state index in [9.17, 15) is 18.0 Å². The quantitative estimate of drug-likeness (QED) is 0.876. The Morgan fingerprint density at radius 2 is 1.96 bits per heavy atom. The summed E-state index contributed by atoms with van der Waals surface area (Å²) >= 11 is 0. The molecule has 130 valence electrons. The van der Waals surface area contributed by atoms with Crippen LogP contribution in [-0.2, 0) is 6.18 Å². The molecule has 0 aliphatic heterocycles. The summed E-state index contributed by atoms with van der Waals surface area (Å²) in [6.07, 6.45) is -3.30. The van der Waals surface area contributed by atoms with E-state index in [4.69, 9.17) is 0 Å². The molecule has 0 saturated carbocycles. The van der Waals surface area contributed by atoms with Crippen molar-refractivity contribution in [2.45, 2.75) is 26.9 Å². The number of nitrogens with zero attached hydrogens (tertiary/aromatic N) is 3. The molecule has 24 heavy (non-hydrogen) atoms. The monoisotopic (exact) mass is 341 g/mol. The first-order chi connectivity index (χ1) is 11.3. The highest BCUT2D eigenvalue weighted by Gasteiger charge is 2.39. The Labute approximate surface area is 137 Å². The zero-order valence-corrected chi connectivity index (χ0v) is 13.5. The molecule has 2 aromatic heterocycles. The second-order valence-corrected chi connectivity index (χ2v) is 5.10. The van der Waals surface area contributed by atoms with Crippen LogP contribution in [0.1, 0.15) is 35.6 Å². The molecule has 0 saturated heterocycles. The number of anilines is 2. The van der Waals surface area contributed by atoms with E-state index in [1.807, 2.05) is 18.7 Å². The predicted octanol–water partition coefficient (Wildman–Crippen LogP) is 3.23. The van der Waals surface area contributed by atoms with E-state index in [0.29, 0.717) is 5.69 Å². The summed E-state index contributed by atoms with van der Waals surface area (Å²) in [6, 6.07) is 3.30. The number of carbonyl (C=O) groups excluding carboxylic acids is 1. The van der Waals surface area contributed by atoms with E-state index >= 15 is 0 Å². The minimum atomic E-state index is -4.71. The molecule has 0 bridgehead atoms. The van der Waals surface area contributed by atoms with E-state index in [1.165, 1.54) is 13.1 Å². The lowest BCUT2D eigenvalue weighted by atomic mass is 10.1. The smallest absolute Gasteiger partial charge is 0.357 e. The van der Waals surface area contributed by atoms with E-state index < -0.39 is 23.3 Å².